The molecule has 0 unspecified atom stereocenters. The van der Waals surface area contributed by atoms with Crippen LogP contribution in [0.25, 0.3) is 160 Å². The Bertz CT molecular complexity index is 9620. The van der Waals surface area contributed by atoms with Crippen LogP contribution < -0.4 is 45.3 Å². The second-order valence-corrected chi connectivity index (χ2v) is 50.0. The maximum atomic E-state index is 2.66. The molecule has 15 aliphatic rings. The summed E-state index contributed by atoms with van der Waals surface area (Å²) in [5.41, 5.74) is 60.1. The van der Waals surface area contributed by atoms with E-state index in [0.29, 0.717) is 0 Å². The summed E-state index contributed by atoms with van der Waals surface area (Å²) in [5.74, 6) is 0. The molecule has 139 heavy (non-hydrogen) atoms. The van der Waals surface area contributed by atoms with Gasteiger partial charge < -0.3 is 0 Å². The third-order valence-electron chi connectivity index (χ3n) is 42.1. The zero-order valence-electron chi connectivity index (χ0n) is 84.2. The van der Waals surface area contributed by atoms with Gasteiger partial charge in [0, 0.05) is 193 Å². The number of hydrogen-bond acceptors (Lipinski definition) is 0. The molecule has 0 saturated heterocycles. The summed E-state index contributed by atoms with van der Waals surface area (Å²) < 4.78 is 38.4. The summed E-state index contributed by atoms with van der Waals surface area (Å²) in [6.45, 7) is 63.4. The molecule has 7 aromatic carbocycles. The highest BCUT2D eigenvalue weighted by Gasteiger charge is 2.63. The SMILES string of the molecule is CC1(C)c2cc[n+]3c4c5c(ccc6c5c5n(c(c(-c7ccccc7)[n+]5C6)C1(C)C)c24)C3.CC1(C)c2ccc3c4c2n2c(c(-c5ccccc5)[n+]5c2c2c(cc[n+](c42)C3)C5)C1(C)C.CC1(C)c2ccc3c4c2n2c(c[n+]5c2c2c(cc[n+](c42)C3)C5)C1(C)C.Cc1c2[n+]3c4c(cc[n+]5c4c4c(ccc6c4c3n1C6)C5)C(C)(C)C2(C)C.Cc1c2[n+]3c4c(ccc5c4c4c6c(cc[n+]4C5)Cn1c63)C(C)(C)C2(C)C. The van der Waals surface area contributed by atoms with E-state index in [9.17, 15) is 0 Å². The predicted molar refractivity (Wildman–Crippen MR) is 546 cm³/mol. The lowest BCUT2D eigenvalue weighted by atomic mass is 9.60. The average molecular weight is 1820 g/mol. The van der Waals surface area contributed by atoms with E-state index in [1.807, 2.05) is 0 Å². The molecule has 678 valence electrons. The number of nitrogens with zero attached hydrogens (tertiary/aromatic N) is 15. The third-order valence-corrected chi connectivity index (χ3v) is 42.1. The van der Waals surface area contributed by atoms with E-state index in [-0.39, 0.29) is 54.1 Å². The summed E-state index contributed by atoms with van der Waals surface area (Å²) in [6.07, 6.45) is 14.0. The van der Waals surface area contributed by atoms with Crippen molar-refractivity contribution < 1.29 is 45.3 Å². The van der Waals surface area contributed by atoms with Crippen LogP contribution in [-0.2, 0) is 120 Å². The van der Waals surface area contributed by atoms with E-state index < -0.39 is 0 Å². The molecule has 22 aromatic rings. The average Bonchev–Trinajstić information content (AvgIpc) is 1.36. The highest BCUT2D eigenvalue weighted by atomic mass is 15.2. The van der Waals surface area contributed by atoms with Crippen LogP contribution in [0.4, 0.5) is 0 Å². The van der Waals surface area contributed by atoms with Gasteiger partial charge in [0.15, 0.2) is 120 Å². The van der Waals surface area contributed by atoms with E-state index in [4.69, 9.17) is 0 Å². The van der Waals surface area contributed by atoms with Crippen LogP contribution in [0, 0.1) is 13.8 Å². The van der Waals surface area contributed by atoms with Crippen molar-refractivity contribution in [3.63, 3.8) is 0 Å². The van der Waals surface area contributed by atoms with Crippen LogP contribution in [0.1, 0.15) is 262 Å². The molecule has 0 bridgehead atoms. The number of aromatic nitrogens is 15. The lowest BCUT2D eigenvalue weighted by molar-refractivity contribution is -0.660. The van der Waals surface area contributed by atoms with Crippen molar-refractivity contribution in [1.29, 1.82) is 0 Å². The molecule has 0 spiro atoms. The van der Waals surface area contributed by atoms with E-state index in [1.54, 1.807) is 0 Å². The Labute approximate surface area is 806 Å². The van der Waals surface area contributed by atoms with Crippen molar-refractivity contribution >= 4 is 137 Å². The molecule has 15 heteroatoms. The summed E-state index contributed by atoms with van der Waals surface area (Å²) in [7, 11) is 0. The zero-order chi connectivity index (χ0) is 94.1. The van der Waals surface area contributed by atoms with Crippen molar-refractivity contribution in [3.8, 4) is 22.5 Å². The lowest BCUT2D eigenvalue weighted by Crippen LogP contribution is -2.52. The number of rotatable bonds is 2. The molecule has 0 saturated carbocycles. The molecular formula is C124H117N15+10. The minimum absolute atomic E-state index is 0.0158. The summed E-state index contributed by atoms with van der Waals surface area (Å²) >= 11 is 0. The van der Waals surface area contributed by atoms with E-state index >= 15 is 0 Å². The quantitative estimate of drug-likeness (QED) is 0.122. The molecule has 0 aliphatic carbocycles. The largest absolute Gasteiger partial charge is 0.302 e. The Morgan fingerprint density at radius 2 is 0.583 bits per heavy atom. The minimum atomic E-state index is -0.0186. The lowest BCUT2D eigenvalue weighted by Gasteiger charge is -2.43. The predicted octanol–water partition coefficient (Wildman–Crippen LogP) is 19.5. The second kappa shape index (κ2) is 23.2. The molecule has 15 aromatic heterocycles. The number of benzene rings is 7. The van der Waals surface area contributed by atoms with Crippen molar-refractivity contribution in [3.05, 3.63) is 312 Å². The fourth-order valence-electron chi connectivity index (χ4n) is 31.9. The maximum Gasteiger partial charge on any atom is 0.302 e. The summed E-state index contributed by atoms with van der Waals surface area (Å²) in [6, 6.07) is 57.8. The molecule has 0 radical (unpaired) electrons. The first kappa shape index (κ1) is 78.3. The van der Waals surface area contributed by atoms with E-state index in [1.165, 1.54) is 283 Å². The molecule has 15 nitrogen and oxygen atoms in total. The van der Waals surface area contributed by atoms with Gasteiger partial charge in [0.2, 0.25) is 27.6 Å². The highest BCUT2D eigenvalue weighted by Crippen LogP contribution is 2.61. The monoisotopic (exact) mass is 1820 g/mol. The van der Waals surface area contributed by atoms with Gasteiger partial charge in [0.25, 0.3) is 22.3 Å². The topological polar surface area (TPSA) is 62.3 Å². The Balaban J connectivity index is 0.0000000776. The Morgan fingerprint density at radius 1 is 0.237 bits per heavy atom. The zero-order valence-corrected chi connectivity index (χ0v) is 84.2. The van der Waals surface area contributed by atoms with E-state index in [0.717, 1.165) is 65.4 Å². The Hall–Kier alpha value is -13.7. The van der Waals surface area contributed by atoms with Crippen LogP contribution in [0.15, 0.2) is 189 Å². The summed E-state index contributed by atoms with van der Waals surface area (Å²) in [5, 5.41) is 14.9. The number of pyridine rings is 10. The van der Waals surface area contributed by atoms with Gasteiger partial charge in [0.05, 0.1) is 21.5 Å². The van der Waals surface area contributed by atoms with Crippen LogP contribution in [-0.4, -0.2) is 22.3 Å². The number of hydrogen-bond donors (Lipinski definition) is 0. The standard InChI is InChI=1S/2C28H25N3.2C23H23N3.C22H21N3/c1-27(2)19-11-10-17-14-29-13-12-18-15-30-22(16-8-6-5-7-9-16)25(28(27,3)4)31-23(19)20(17)24(29)21(18)26(30)31;1-27(2)19-12-13-29-14-17-10-11-18-15-30-22(16-8-6-5-7-9-16)25(28(27,3)4)31-23(19)24(29)20(17)21(18)26(30)31;1-12-20-23(4,5)22(2,3)15-7-6-13-10-24-9-8-14-11-25(12)21-17(14)19(24)16(13)18(15)26(20)21;1-12-20-23(4,5)22(2,3)15-8-9-24-10-13-6-7-14-11-25(12)21-17(14)16(13)19(24)18(15)26(20)21;1-21(2)14-6-5-12-9-23-8-7-13-10-24-11-15(22(21,3)4)25-18(14)16(12)19(23)17(13)20(24)25/h2*5-13H,14-15H2,1-4H3;2*6-9H,10-11H2,1-5H3;5-8,11H,9-10H2,1-4H3/q5*+2. The molecule has 15 aliphatic heterocycles. The van der Waals surface area contributed by atoms with Crippen molar-refractivity contribution in [2.75, 3.05) is 0 Å². The van der Waals surface area contributed by atoms with Crippen LogP contribution in [0.2, 0.25) is 0 Å². The van der Waals surface area contributed by atoms with Gasteiger partial charge in [0.1, 0.15) is 82.6 Å². The second-order valence-electron chi connectivity index (χ2n) is 50.0. The van der Waals surface area contributed by atoms with Gasteiger partial charge in [-0.1, -0.05) is 260 Å². The third kappa shape index (κ3) is 8.03. The van der Waals surface area contributed by atoms with E-state index in [2.05, 4.69) is 409 Å². The van der Waals surface area contributed by atoms with Gasteiger partial charge >= 0.3 is 16.9 Å². The normalized spacial score (nSPS) is 19.4. The van der Waals surface area contributed by atoms with Gasteiger partial charge in [-0.05, 0) is 0 Å². The van der Waals surface area contributed by atoms with Gasteiger partial charge in [-0.3, -0.25) is 0 Å². The van der Waals surface area contributed by atoms with Crippen LogP contribution in [0.3, 0.4) is 0 Å². The molecule has 30 heterocycles. The van der Waals surface area contributed by atoms with Crippen molar-refractivity contribution in [1.82, 2.24) is 22.3 Å². The number of imidazole rings is 5. The Kier molecular flexibility index (Phi) is 13.1. The van der Waals surface area contributed by atoms with Gasteiger partial charge in [-0.15, -0.1) is 0 Å². The molecule has 0 fully saturated rings. The summed E-state index contributed by atoms with van der Waals surface area (Å²) in [4.78, 5) is 0. The first-order valence-electron chi connectivity index (χ1n) is 51.5. The minimum Gasteiger partial charge on any atom is -0.225 e. The molecular weight excluding hydrogens is 1700 g/mol. The Morgan fingerprint density at radius 3 is 1.14 bits per heavy atom. The molecule has 0 amide bonds. The maximum absolute atomic E-state index is 2.66. The van der Waals surface area contributed by atoms with Crippen LogP contribution >= 0.6 is 0 Å². The van der Waals surface area contributed by atoms with Gasteiger partial charge in [-0.2, -0.15) is 44.8 Å². The smallest absolute Gasteiger partial charge is 0.225 e. The fourth-order valence-corrected chi connectivity index (χ4v) is 31.9. The molecule has 37 rings (SSSR count). The van der Waals surface area contributed by atoms with Crippen molar-refractivity contribution in [2.45, 2.75) is 272 Å². The van der Waals surface area contributed by atoms with Crippen molar-refractivity contribution in [2.24, 2.45) is 0 Å². The fraction of sp³-hybridized carbons (Fsp3) is 0.339. The molecule has 0 atom stereocenters. The first-order valence-corrected chi connectivity index (χ1v) is 51.5. The van der Waals surface area contributed by atoms with Crippen LogP contribution in [0.5, 0.6) is 0 Å². The highest BCUT2D eigenvalue weighted by molar-refractivity contribution is 6.18. The molecule has 0 N–H and O–H groups in total. The first-order chi connectivity index (χ1) is 66.4. The van der Waals surface area contributed by atoms with Gasteiger partial charge in [-0.25, -0.2) is 22.8 Å².